The molecule has 2 N–H and O–H groups in total. The van der Waals surface area contributed by atoms with Crippen LogP contribution in [-0.4, -0.2) is 30.8 Å². The van der Waals surface area contributed by atoms with Crippen molar-refractivity contribution >= 4 is 34.6 Å². The molecule has 0 atom stereocenters. The zero-order valence-electron chi connectivity index (χ0n) is 21.1. The molecule has 0 unspecified atom stereocenters. The standard InChI is InChI=1S/C28H29N5O4/c1-4-16-32-26-24(27(36)33(17-5-2)28(32)37)30-25(31-26)20-13-10-19(11-14-20)12-15-23(35)29-22-9-7-6-8-21(22)18(3)34/h6-15H,4-5,16-17H2,1-3H3,(H,29,35)(H,30,31)/b15-12+. The van der Waals surface area contributed by atoms with Gasteiger partial charge in [0.2, 0.25) is 5.91 Å². The van der Waals surface area contributed by atoms with Crippen molar-refractivity contribution in [2.75, 3.05) is 5.32 Å². The molecule has 1 amide bonds. The number of para-hydroxylation sites is 1. The number of aryl methyl sites for hydroxylation is 1. The van der Waals surface area contributed by atoms with Crippen LogP contribution in [0.5, 0.6) is 0 Å². The predicted molar refractivity (Wildman–Crippen MR) is 145 cm³/mol. The Morgan fingerprint density at radius 2 is 1.65 bits per heavy atom. The van der Waals surface area contributed by atoms with Crippen LogP contribution in [0.3, 0.4) is 0 Å². The molecule has 0 saturated heterocycles. The van der Waals surface area contributed by atoms with Gasteiger partial charge in [-0.05, 0) is 43.5 Å². The van der Waals surface area contributed by atoms with E-state index in [0.29, 0.717) is 47.7 Å². The Bertz CT molecular complexity index is 1610. The first kappa shape index (κ1) is 25.6. The summed E-state index contributed by atoms with van der Waals surface area (Å²) in [6.07, 6.45) is 4.46. The van der Waals surface area contributed by atoms with Crippen molar-refractivity contribution in [3.63, 3.8) is 0 Å². The second-order valence-corrected chi connectivity index (χ2v) is 8.72. The number of rotatable bonds is 9. The number of imidazole rings is 1. The summed E-state index contributed by atoms with van der Waals surface area (Å²) in [5.74, 6) is 0.00376. The summed E-state index contributed by atoms with van der Waals surface area (Å²) in [6, 6.07) is 14.1. The van der Waals surface area contributed by atoms with Crippen molar-refractivity contribution in [1.29, 1.82) is 0 Å². The monoisotopic (exact) mass is 499 g/mol. The summed E-state index contributed by atoms with van der Waals surface area (Å²) in [5.41, 5.74) is 2.38. The summed E-state index contributed by atoms with van der Waals surface area (Å²) in [7, 11) is 0. The van der Waals surface area contributed by atoms with Gasteiger partial charge < -0.3 is 10.3 Å². The average Bonchev–Trinajstić information content (AvgIpc) is 3.34. The Balaban J connectivity index is 1.58. The molecule has 0 aliphatic carbocycles. The number of carbonyl (C=O) groups excluding carboxylic acids is 2. The van der Waals surface area contributed by atoms with Crippen LogP contribution in [0.25, 0.3) is 28.6 Å². The number of H-pyrrole nitrogens is 1. The third kappa shape index (κ3) is 5.35. The molecule has 0 spiro atoms. The number of benzene rings is 2. The fourth-order valence-corrected chi connectivity index (χ4v) is 4.15. The molecule has 0 aliphatic rings. The van der Waals surface area contributed by atoms with E-state index >= 15 is 0 Å². The number of amides is 1. The molecular formula is C28H29N5O4. The first-order valence-electron chi connectivity index (χ1n) is 12.3. The lowest BCUT2D eigenvalue weighted by atomic mass is 10.1. The first-order valence-corrected chi connectivity index (χ1v) is 12.3. The van der Waals surface area contributed by atoms with Crippen LogP contribution in [0.15, 0.2) is 64.2 Å². The van der Waals surface area contributed by atoms with Gasteiger partial charge in [-0.3, -0.25) is 23.5 Å². The second kappa shape index (κ2) is 11.0. The summed E-state index contributed by atoms with van der Waals surface area (Å²) < 4.78 is 2.81. The van der Waals surface area contributed by atoms with Gasteiger partial charge >= 0.3 is 5.69 Å². The second-order valence-electron chi connectivity index (χ2n) is 8.72. The van der Waals surface area contributed by atoms with Crippen LogP contribution in [0, 0.1) is 0 Å². The van der Waals surface area contributed by atoms with E-state index in [-0.39, 0.29) is 22.9 Å². The molecule has 0 saturated carbocycles. The molecule has 9 heteroatoms. The number of nitrogens with zero attached hydrogens (tertiary/aromatic N) is 3. The van der Waals surface area contributed by atoms with E-state index in [9.17, 15) is 19.2 Å². The number of Topliss-reactive ketones (excluding diaryl/α,β-unsaturated/α-hetero) is 1. The Morgan fingerprint density at radius 3 is 2.32 bits per heavy atom. The van der Waals surface area contributed by atoms with E-state index in [2.05, 4.69) is 15.3 Å². The SMILES string of the molecule is CCCn1c(=O)c2[nH]c(-c3ccc(/C=C/C(=O)Nc4ccccc4C(C)=O)cc3)nc2n(CCC)c1=O. The zero-order valence-corrected chi connectivity index (χ0v) is 21.1. The summed E-state index contributed by atoms with van der Waals surface area (Å²) >= 11 is 0. The quantitative estimate of drug-likeness (QED) is 0.264. The molecule has 9 nitrogen and oxygen atoms in total. The Kier molecular flexibility index (Phi) is 7.62. The first-order chi connectivity index (χ1) is 17.8. The Hall–Kier alpha value is -4.53. The number of fused-ring (bicyclic) bond motifs is 1. The van der Waals surface area contributed by atoms with Crippen LogP contribution in [0.2, 0.25) is 0 Å². The van der Waals surface area contributed by atoms with Gasteiger partial charge in [-0.2, -0.15) is 0 Å². The minimum atomic E-state index is -0.370. The lowest BCUT2D eigenvalue weighted by molar-refractivity contribution is -0.111. The van der Waals surface area contributed by atoms with E-state index in [4.69, 9.17) is 0 Å². The van der Waals surface area contributed by atoms with Crippen LogP contribution in [-0.2, 0) is 17.9 Å². The highest BCUT2D eigenvalue weighted by Crippen LogP contribution is 2.20. The fourth-order valence-electron chi connectivity index (χ4n) is 4.15. The number of hydrogen-bond acceptors (Lipinski definition) is 5. The van der Waals surface area contributed by atoms with Crippen LogP contribution in [0.4, 0.5) is 5.69 Å². The normalized spacial score (nSPS) is 11.3. The molecule has 190 valence electrons. The molecule has 4 rings (SSSR count). The Labute approximate surface area is 213 Å². The number of nitrogens with one attached hydrogen (secondary N) is 2. The van der Waals surface area contributed by atoms with Crippen molar-refractivity contribution < 1.29 is 9.59 Å². The van der Waals surface area contributed by atoms with Crippen molar-refractivity contribution in [3.05, 3.63) is 86.6 Å². The lowest BCUT2D eigenvalue weighted by Crippen LogP contribution is -2.40. The number of aromatic amines is 1. The van der Waals surface area contributed by atoms with Crippen molar-refractivity contribution in [1.82, 2.24) is 19.1 Å². The van der Waals surface area contributed by atoms with E-state index in [1.54, 1.807) is 34.9 Å². The number of hydrogen-bond donors (Lipinski definition) is 2. The maximum Gasteiger partial charge on any atom is 0.332 e. The van der Waals surface area contributed by atoms with Gasteiger partial charge in [-0.25, -0.2) is 9.78 Å². The number of aromatic nitrogens is 4. The molecular weight excluding hydrogens is 470 g/mol. The van der Waals surface area contributed by atoms with Gasteiger partial charge in [-0.1, -0.05) is 50.2 Å². The van der Waals surface area contributed by atoms with Crippen molar-refractivity contribution in [2.45, 2.75) is 46.7 Å². The van der Waals surface area contributed by atoms with Crippen LogP contribution in [0.1, 0.15) is 49.5 Å². The maximum absolute atomic E-state index is 12.9. The molecule has 2 heterocycles. The molecule has 0 fully saturated rings. The minimum Gasteiger partial charge on any atom is -0.332 e. The lowest BCUT2D eigenvalue weighted by Gasteiger charge is -2.09. The summed E-state index contributed by atoms with van der Waals surface area (Å²) in [4.78, 5) is 57.6. The van der Waals surface area contributed by atoms with Crippen molar-refractivity contribution in [2.24, 2.45) is 0 Å². The molecule has 37 heavy (non-hydrogen) atoms. The molecule has 0 aliphatic heterocycles. The third-order valence-electron chi connectivity index (χ3n) is 5.93. The van der Waals surface area contributed by atoms with E-state index in [1.807, 2.05) is 38.1 Å². The van der Waals surface area contributed by atoms with Gasteiger partial charge in [0.1, 0.15) is 11.3 Å². The van der Waals surface area contributed by atoms with Gasteiger partial charge in [0, 0.05) is 30.3 Å². The van der Waals surface area contributed by atoms with Gasteiger partial charge in [0.25, 0.3) is 5.56 Å². The minimum absolute atomic E-state index is 0.128. The van der Waals surface area contributed by atoms with Gasteiger partial charge in [0.15, 0.2) is 11.4 Å². The number of anilines is 1. The highest BCUT2D eigenvalue weighted by atomic mass is 16.2. The smallest absolute Gasteiger partial charge is 0.332 e. The maximum atomic E-state index is 12.9. The Morgan fingerprint density at radius 1 is 0.973 bits per heavy atom. The number of carbonyl (C=O) groups is 2. The van der Waals surface area contributed by atoms with Crippen LogP contribution >= 0.6 is 0 Å². The predicted octanol–water partition coefficient (Wildman–Crippen LogP) is 4.23. The van der Waals surface area contributed by atoms with E-state index < -0.39 is 0 Å². The van der Waals surface area contributed by atoms with Crippen LogP contribution < -0.4 is 16.6 Å². The molecule has 0 radical (unpaired) electrons. The van der Waals surface area contributed by atoms with Gasteiger partial charge in [0.05, 0.1) is 5.69 Å². The topological polar surface area (TPSA) is 119 Å². The van der Waals surface area contributed by atoms with Crippen molar-refractivity contribution in [3.8, 4) is 11.4 Å². The molecule has 4 aromatic rings. The highest BCUT2D eigenvalue weighted by Gasteiger charge is 2.17. The van der Waals surface area contributed by atoms with E-state index in [0.717, 1.165) is 17.5 Å². The molecule has 0 bridgehead atoms. The molecule has 2 aromatic carbocycles. The summed E-state index contributed by atoms with van der Waals surface area (Å²) in [5, 5.41) is 2.73. The largest absolute Gasteiger partial charge is 0.332 e. The fraction of sp³-hybridized carbons (Fsp3) is 0.250. The summed E-state index contributed by atoms with van der Waals surface area (Å²) in [6.45, 7) is 6.15. The highest BCUT2D eigenvalue weighted by molar-refractivity contribution is 6.07. The molecule has 2 aromatic heterocycles. The van der Waals surface area contributed by atoms with Gasteiger partial charge in [-0.15, -0.1) is 0 Å². The zero-order chi connectivity index (χ0) is 26.5. The third-order valence-corrected chi connectivity index (χ3v) is 5.93. The van der Waals surface area contributed by atoms with E-state index in [1.165, 1.54) is 17.6 Å². The number of ketones is 1. The average molecular weight is 500 g/mol.